The Bertz CT molecular complexity index is 914. The number of rotatable bonds is 3. The van der Waals surface area contributed by atoms with E-state index >= 15 is 0 Å². The van der Waals surface area contributed by atoms with E-state index in [1.165, 1.54) is 17.6 Å². The lowest BCUT2D eigenvalue weighted by atomic mass is 10.2. The minimum atomic E-state index is -0.104. The van der Waals surface area contributed by atoms with E-state index in [2.05, 4.69) is 50.2 Å². The molecule has 0 fully saturated rings. The van der Waals surface area contributed by atoms with Crippen LogP contribution in [0.1, 0.15) is 56.1 Å². The Kier molecular flexibility index (Phi) is 32.0. The van der Waals surface area contributed by atoms with Crippen LogP contribution in [-0.2, 0) is 14.3 Å². The molecule has 0 aliphatic rings. The van der Waals surface area contributed by atoms with Gasteiger partial charge in [-0.05, 0) is 38.0 Å². The van der Waals surface area contributed by atoms with Crippen LogP contribution in [0.3, 0.4) is 0 Å². The van der Waals surface area contributed by atoms with Gasteiger partial charge in [0.25, 0.3) is 5.91 Å². The number of carbonyl (C=O) groups excluding carboxylic acids is 3. The molecular weight excluding hydrogens is 460 g/mol. The van der Waals surface area contributed by atoms with Crippen LogP contribution >= 0.6 is 0 Å². The van der Waals surface area contributed by atoms with E-state index in [4.69, 9.17) is 9.59 Å². The third kappa shape index (κ3) is 16.8. The lowest BCUT2D eigenvalue weighted by Gasteiger charge is -2.01. The summed E-state index contributed by atoms with van der Waals surface area (Å²) < 4.78 is 6.19. The number of nitrogens with one attached hydrogen (secondary N) is 2. The van der Waals surface area contributed by atoms with Crippen LogP contribution in [0.2, 0.25) is 0 Å². The van der Waals surface area contributed by atoms with Crippen molar-refractivity contribution in [3.05, 3.63) is 59.7 Å². The third-order valence-corrected chi connectivity index (χ3v) is 3.90. The van der Waals surface area contributed by atoms with E-state index in [1.54, 1.807) is 31.1 Å². The minimum absolute atomic E-state index is 0.104. The number of methoxy groups -OCH3 is 1. The SMILES string of the molecule is C=O.CC.CC.CCOC.CNC(=O)c1cn2ncncc2c1C.CNc1ccccc1C.NC=O. The first-order valence-corrected chi connectivity index (χ1v) is 11.6. The molecule has 2 heterocycles. The number of amides is 2. The predicted molar refractivity (Wildman–Crippen MR) is 149 cm³/mol. The molecule has 204 valence electrons. The van der Waals surface area contributed by atoms with Gasteiger partial charge in [-0.25, -0.2) is 9.50 Å². The summed E-state index contributed by atoms with van der Waals surface area (Å²) in [5, 5.41) is 9.68. The number of fused-ring (bicyclic) bond motifs is 1. The van der Waals surface area contributed by atoms with Gasteiger partial charge in [-0.2, -0.15) is 5.10 Å². The molecule has 0 unspecified atom stereocenters. The fourth-order valence-corrected chi connectivity index (χ4v) is 2.26. The highest BCUT2D eigenvalue weighted by atomic mass is 16.5. The van der Waals surface area contributed by atoms with E-state index < -0.39 is 0 Å². The van der Waals surface area contributed by atoms with Crippen LogP contribution in [-0.4, -0.2) is 61.5 Å². The number of ether oxygens (including phenoxy) is 1. The molecule has 0 saturated carbocycles. The topological polar surface area (TPSA) is 141 Å². The van der Waals surface area contributed by atoms with Gasteiger partial charge in [-0.15, -0.1) is 0 Å². The highest BCUT2D eigenvalue weighted by Gasteiger charge is 2.12. The Labute approximate surface area is 216 Å². The third-order valence-electron chi connectivity index (χ3n) is 3.90. The average molecular weight is 507 g/mol. The highest BCUT2D eigenvalue weighted by Crippen LogP contribution is 2.15. The molecule has 0 bridgehead atoms. The van der Waals surface area contributed by atoms with E-state index in [-0.39, 0.29) is 12.3 Å². The van der Waals surface area contributed by atoms with Crippen LogP contribution in [0, 0.1) is 13.8 Å². The first kappa shape index (κ1) is 39.4. The zero-order valence-corrected chi connectivity index (χ0v) is 23.6. The van der Waals surface area contributed by atoms with Crippen molar-refractivity contribution in [1.82, 2.24) is 19.9 Å². The minimum Gasteiger partial charge on any atom is -0.388 e. The van der Waals surface area contributed by atoms with E-state index in [0.717, 1.165) is 17.7 Å². The Morgan fingerprint density at radius 3 is 2.00 bits per heavy atom. The largest absolute Gasteiger partial charge is 0.388 e. The lowest BCUT2D eigenvalue weighted by Crippen LogP contribution is -2.17. The molecule has 36 heavy (non-hydrogen) atoms. The molecule has 4 N–H and O–H groups in total. The smallest absolute Gasteiger partial charge is 0.252 e. The molecule has 10 heteroatoms. The predicted octanol–water partition coefficient (Wildman–Crippen LogP) is 4.06. The monoisotopic (exact) mass is 506 g/mol. The first-order valence-electron chi connectivity index (χ1n) is 11.6. The number of benzene rings is 1. The Balaban J connectivity index is -0.000000201. The second-order valence-corrected chi connectivity index (χ2v) is 5.76. The number of nitrogens with zero attached hydrogens (tertiary/aromatic N) is 3. The maximum Gasteiger partial charge on any atom is 0.252 e. The summed E-state index contributed by atoms with van der Waals surface area (Å²) in [5.74, 6) is -0.104. The molecule has 2 aromatic heterocycles. The average Bonchev–Trinajstić information content (AvgIpc) is 3.29. The number of anilines is 1. The zero-order valence-electron chi connectivity index (χ0n) is 23.6. The molecule has 3 rings (SSSR count). The molecule has 10 nitrogen and oxygen atoms in total. The number of nitrogens with two attached hydrogens (primary N) is 1. The first-order chi connectivity index (χ1) is 17.4. The van der Waals surface area contributed by atoms with Crippen molar-refractivity contribution in [3.8, 4) is 0 Å². The summed E-state index contributed by atoms with van der Waals surface area (Å²) in [5.41, 5.74) is 9.04. The van der Waals surface area contributed by atoms with Gasteiger partial charge < -0.3 is 25.9 Å². The summed E-state index contributed by atoms with van der Waals surface area (Å²) in [6.45, 7) is 16.7. The van der Waals surface area contributed by atoms with E-state index in [9.17, 15) is 4.79 Å². The Morgan fingerprint density at radius 2 is 1.64 bits per heavy atom. The lowest BCUT2D eigenvalue weighted by molar-refractivity contribution is -0.107. The van der Waals surface area contributed by atoms with Crippen molar-refractivity contribution in [1.29, 1.82) is 0 Å². The van der Waals surface area contributed by atoms with Crippen LogP contribution in [0.25, 0.3) is 5.52 Å². The summed E-state index contributed by atoms with van der Waals surface area (Å²) in [6, 6.07) is 8.22. The van der Waals surface area contributed by atoms with Gasteiger partial charge in [0.1, 0.15) is 13.1 Å². The maximum absolute atomic E-state index is 11.4. The fraction of sp³-hybridized carbons (Fsp3) is 0.423. The van der Waals surface area contributed by atoms with E-state index in [0.29, 0.717) is 5.56 Å². The van der Waals surface area contributed by atoms with Gasteiger partial charge in [0.2, 0.25) is 6.41 Å². The molecule has 0 radical (unpaired) electrons. The van der Waals surface area contributed by atoms with Gasteiger partial charge in [0.05, 0.1) is 17.3 Å². The van der Waals surface area contributed by atoms with Crippen molar-refractivity contribution >= 4 is 30.3 Å². The van der Waals surface area contributed by atoms with Crippen LogP contribution < -0.4 is 16.4 Å². The van der Waals surface area contributed by atoms with Gasteiger partial charge in [-0.1, -0.05) is 45.9 Å². The number of aromatic nitrogens is 3. The van der Waals surface area contributed by atoms with Crippen LogP contribution in [0.5, 0.6) is 0 Å². The summed E-state index contributed by atoms with van der Waals surface area (Å²) in [7, 11) is 5.22. The molecule has 2 amide bonds. The summed E-state index contributed by atoms with van der Waals surface area (Å²) in [4.78, 5) is 31.9. The normalized spacial score (nSPS) is 7.94. The molecule has 0 saturated heterocycles. The number of carbonyl (C=O) groups is 3. The van der Waals surface area contributed by atoms with Crippen LogP contribution in [0.15, 0.2) is 43.0 Å². The van der Waals surface area contributed by atoms with E-state index in [1.807, 2.05) is 67.5 Å². The molecule has 3 aromatic rings. The second-order valence-electron chi connectivity index (χ2n) is 5.76. The molecule has 1 aromatic carbocycles. The quantitative estimate of drug-likeness (QED) is 0.455. The van der Waals surface area contributed by atoms with Gasteiger partial charge in [-0.3, -0.25) is 9.59 Å². The number of primary amides is 1. The maximum atomic E-state index is 11.4. The van der Waals surface area contributed by atoms with Crippen molar-refractivity contribution in [2.75, 3.05) is 33.1 Å². The molecule has 0 spiro atoms. The Hall–Kier alpha value is -3.79. The van der Waals surface area contributed by atoms with Crippen molar-refractivity contribution in [3.63, 3.8) is 0 Å². The highest BCUT2D eigenvalue weighted by molar-refractivity contribution is 5.97. The summed E-state index contributed by atoms with van der Waals surface area (Å²) >= 11 is 0. The zero-order chi connectivity index (χ0) is 28.9. The molecule has 0 aliphatic heterocycles. The fourth-order valence-electron chi connectivity index (χ4n) is 2.26. The number of hydrogen-bond acceptors (Lipinski definition) is 7. The van der Waals surface area contributed by atoms with Gasteiger partial charge >= 0.3 is 0 Å². The number of hydrogen-bond donors (Lipinski definition) is 3. The van der Waals surface area contributed by atoms with Crippen molar-refractivity contribution in [2.45, 2.75) is 48.5 Å². The van der Waals surface area contributed by atoms with Crippen molar-refractivity contribution in [2.24, 2.45) is 5.73 Å². The number of aryl methyl sites for hydroxylation is 2. The summed E-state index contributed by atoms with van der Waals surface area (Å²) in [6.07, 6.45) is 5.08. The Morgan fingerprint density at radius 1 is 1.14 bits per heavy atom. The molecular formula is C26H46N6O4. The van der Waals surface area contributed by atoms with Gasteiger partial charge in [0.15, 0.2) is 0 Å². The second kappa shape index (κ2) is 29.2. The standard InChI is InChI=1S/C9H10N4O.C8H11N.C3H8O.2C2H6.CH3NO.CH2O/c1-6-7(9(14)10-2)4-13-8(6)3-11-5-12-13;1-7-5-3-4-6-8(7)9-2;1-3-4-2;2*1-2;2-1-3;1-2/h3-5H,1-2H3,(H,10,14);3-6,9H,1-2H3;3H2,1-2H3;2*1-2H3;1H,(H2,2,3);1H2. The van der Waals surface area contributed by atoms with Crippen molar-refractivity contribution < 1.29 is 19.1 Å². The molecule has 0 atom stereocenters. The molecule has 0 aliphatic carbocycles. The van der Waals surface area contributed by atoms with Crippen LogP contribution in [0.4, 0.5) is 5.69 Å². The van der Waals surface area contributed by atoms with Gasteiger partial charge in [0, 0.05) is 39.7 Å². The number of para-hydroxylation sites is 1.